The molecule has 0 saturated carbocycles. The van der Waals surface area contributed by atoms with E-state index in [1.807, 2.05) is 18.2 Å². The van der Waals surface area contributed by atoms with Crippen molar-refractivity contribution in [2.24, 2.45) is 0 Å². The molecule has 1 amide bonds. The van der Waals surface area contributed by atoms with E-state index in [1.165, 1.54) is 28.0 Å². The molecule has 4 aromatic rings. The predicted octanol–water partition coefficient (Wildman–Crippen LogP) is 5.51. The molecule has 1 aliphatic rings. The summed E-state index contributed by atoms with van der Waals surface area (Å²) in [5.41, 5.74) is 3.95. The number of fused-ring (bicyclic) bond motifs is 2. The van der Waals surface area contributed by atoms with E-state index in [0.717, 1.165) is 51.2 Å². The van der Waals surface area contributed by atoms with Gasteiger partial charge in [0.2, 0.25) is 5.91 Å². The highest BCUT2D eigenvalue weighted by molar-refractivity contribution is 8.00. The molecule has 0 spiro atoms. The predicted molar refractivity (Wildman–Crippen MR) is 123 cm³/mol. The minimum atomic E-state index is -0.125. The monoisotopic (exact) mass is 448 g/mol. The standard InChI is InChI=1S/C22H16N4OS3/c23-9-15-14-7-4-8-17(14)30-20(15)26-18(27)11-29-22-19-16(13-5-2-1-3-6-13)10-28-21(19)24-12-25-22/h1-3,5-6,10,12H,4,7-8,11H2,(H,26,27). The Morgan fingerprint density at radius 3 is 2.93 bits per heavy atom. The van der Waals surface area contributed by atoms with Gasteiger partial charge in [0, 0.05) is 15.8 Å². The second-order valence-electron chi connectivity index (χ2n) is 6.88. The van der Waals surface area contributed by atoms with Crippen molar-refractivity contribution in [3.8, 4) is 17.2 Å². The maximum Gasteiger partial charge on any atom is 0.235 e. The number of anilines is 1. The number of amides is 1. The van der Waals surface area contributed by atoms with E-state index < -0.39 is 0 Å². The van der Waals surface area contributed by atoms with Gasteiger partial charge < -0.3 is 5.32 Å². The summed E-state index contributed by atoms with van der Waals surface area (Å²) in [6.45, 7) is 0. The lowest BCUT2D eigenvalue weighted by Crippen LogP contribution is -2.14. The van der Waals surface area contributed by atoms with Crippen LogP contribution in [0.3, 0.4) is 0 Å². The summed E-state index contributed by atoms with van der Waals surface area (Å²) < 4.78 is 0. The molecule has 1 N–H and O–H groups in total. The Morgan fingerprint density at radius 2 is 2.10 bits per heavy atom. The molecule has 0 bridgehead atoms. The van der Waals surface area contributed by atoms with E-state index in [4.69, 9.17) is 0 Å². The maximum absolute atomic E-state index is 12.6. The van der Waals surface area contributed by atoms with Crippen molar-refractivity contribution in [2.45, 2.75) is 24.3 Å². The molecule has 0 saturated heterocycles. The Labute approximate surface area is 185 Å². The fourth-order valence-corrected chi connectivity index (χ4v) is 6.74. The average molecular weight is 449 g/mol. The number of carbonyl (C=O) groups excluding carboxylic acids is 1. The average Bonchev–Trinajstić information content (AvgIpc) is 3.47. The number of nitriles is 1. The molecule has 30 heavy (non-hydrogen) atoms. The van der Waals surface area contributed by atoms with Crippen LogP contribution in [-0.4, -0.2) is 21.6 Å². The normalized spacial score (nSPS) is 12.6. The number of benzene rings is 1. The third-order valence-electron chi connectivity index (χ3n) is 5.05. The highest BCUT2D eigenvalue weighted by Gasteiger charge is 2.23. The first-order chi connectivity index (χ1) is 14.7. The number of aryl methyl sites for hydroxylation is 1. The summed E-state index contributed by atoms with van der Waals surface area (Å²) in [6.07, 6.45) is 4.57. The zero-order chi connectivity index (χ0) is 20.5. The van der Waals surface area contributed by atoms with Crippen molar-refractivity contribution in [3.63, 3.8) is 0 Å². The summed E-state index contributed by atoms with van der Waals surface area (Å²) in [5, 5.41) is 17.0. The Kier molecular flexibility index (Phi) is 5.25. The van der Waals surface area contributed by atoms with Gasteiger partial charge in [0.25, 0.3) is 0 Å². The van der Waals surface area contributed by atoms with Gasteiger partial charge in [-0.15, -0.1) is 22.7 Å². The first-order valence-corrected chi connectivity index (χ1v) is 12.2. The number of hydrogen-bond donors (Lipinski definition) is 1. The second kappa shape index (κ2) is 8.19. The molecule has 0 unspecified atom stereocenters. The van der Waals surface area contributed by atoms with E-state index in [1.54, 1.807) is 17.7 Å². The summed E-state index contributed by atoms with van der Waals surface area (Å²) in [7, 11) is 0. The van der Waals surface area contributed by atoms with Crippen molar-refractivity contribution < 1.29 is 4.79 Å². The smallest absolute Gasteiger partial charge is 0.235 e. The van der Waals surface area contributed by atoms with Crippen molar-refractivity contribution in [1.29, 1.82) is 5.26 Å². The van der Waals surface area contributed by atoms with E-state index in [2.05, 4.69) is 38.9 Å². The maximum atomic E-state index is 12.6. The van der Waals surface area contributed by atoms with Crippen molar-refractivity contribution in [2.75, 3.05) is 11.1 Å². The van der Waals surface area contributed by atoms with Crippen molar-refractivity contribution >= 4 is 55.6 Å². The zero-order valence-electron chi connectivity index (χ0n) is 15.8. The Hall–Kier alpha value is -2.73. The molecular formula is C22H16N4OS3. The van der Waals surface area contributed by atoms with Gasteiger partial charge in [0.15, 0.2) is 0 Å². The molecule has 5 nitrogen and oxygen atoms in total. The van der Waals surface area contributed by atoms with Gasteiger partial charge >= 0.3 is 0 Å². The van der Waals surface area contributed by atoms with Gasteiger partial charge in [-0.05, 0) is 30.4 Å². The lowest BCUT2D eigenvalue weighted by molar-refractivity contribution is -0.113. The number of thiophene rings is 2. The van der Waals surface area contributed by atoms with E-state index in [-0.39, 0.29) is 11.7 Å². The summed E-state index contributed by atoms with van der Waals surface area (Å²) >= 11 is 4.52. The summed E-state index contributed by atoms with van der Waals surface area (Å²) in [6, 6.07) is 12.4. The molecule has 3 heterocycles. The van der Waals surface area contributed by atoms with E-state index in [0.29, 0.717) is 10.6 Å². The number of nitrogens with zero attached hydrogens (tertiary/aromatic N) is 3. The lowest BCUT2D eigenvalue weighted by atomic mass is 10.1. The highest BCUT2D eigenvalue weighted by Crippen LogP contribution is 2.40. The minimum Gasteiger partial charge on any atom is -0.316 e. The Bertz CT molecular complexity index is 1290. The number of nitrogens with one attached hydrogen (secondary N) is 1. The van der Waals surface area contributed by atoms with Crippen LogP contribution in [0.25, 0.3) is 21.3 Å². The van der Waals surface area contributed by atoms with Crippen LogP contribution in [0.1, 0.15) is 22.4 Å². The highest BCUT2D eigenvalue weighted by atomic mass is 32.2. The van der Waals surface area contributed by atoms with Crippen molar-refractivity contribution in [3.05, 3.63) is 58.0 Å². The van der Waals surface area contributed by atoms with Crippen LogP contribution >= 0.6 is 34.4 Å². The SMILES string of the molecule is N#Cc1c(NC(=O)CSc2ncnc3scc(-c4ccccc4)c23)sc2c1CCC2. The minimum absolute atomic E-state index is 0.125. The van der Waals surface area contributed by atoms with Crippen LogP contribution in [0.5, 0.6) is 0 Å². The first kappa shape index (κ1) is 19.2. The number of hydrogen-bond acceptors (Lipinski definition) is 7. The number of aromatic nitrogens is 2. The van der Waals surface area contributed by atoms with Crippen LogP contribution in [-0.2, 0) is 17.6 Å². The van der Waals surface area contributed by atoms with Crippen LogP contribution in [0.2, 0.25) is 0 Å². The largest absolute Gasteiger partial charge is 0.316 e. The zero-order valence-corrected chi connectivity index (χ0v) is 18.3. The lowest BCUT2D eigenvalue weighted by Gasteiger charge is -2.06. The second-order valence-corrected chi connectivity index (χ2v) is 9.81. The first-order valence-electron chi connectivity index (χ1n) is 9.49. The van der Waals surface area contributed by atoms with Gasteiger partial charge in [-0.3, -0.25) is 4.79 Å². The van der Waals surface area contributed by atoms with Gasteiger partial charge in [0.05, 0.1) is 16.7 Å². The third kappa shape index (κ3) is 3.49. The quantitative estimate of drug-likeness (QED) is 0.322. The molecule has 148 valence electrons. The summed E-state index contributed by atoms with van der Waals surface area (Å²) in [5.74, 6) is 0.101. The van der Waals surface area contributed by atoms with E-state index >= 15 is 0 Å². The van der Waals surface area contributed by atoms with Crippen LogP contribution in [0.15, 0.2) is 47.1 Å². The van der Waals surface area contributed by atoms with Gasteiger partial charge in [0.1, 0.15) is 27.3 Å². The topological polar surface area (TPSA) is 78.7 Å². The molecule has 0 atom stereocenters. The number of carbonyl (C=O) groups is 1. The number of rotatable bonds is 5. The third-order valence-corrected chi connectivity index (χ3v) is 8.13. The van der Waals surface area contributed by atoms with Crippen LogP contribution in [0.4, 0.5) is 5.00 Å². The van der Waals surface area contributed by atoms with Gasteiger partial charge in [-0.2, -0.15) is 5.26 Å². The molecule has 0 aliphatic heterocycles. The van der Waals surface area contributed by atoms with Crippen LogP contribution < -0.4 is 5.32 Å². The van der Waals surface area contributed by atoms with Crippen molar-refractivity contribution in [1.82, 2.24) is 9.97 Å². The fourth-order valence-electron chi connectivity index (χ4n) is 3.69. The Balaban J connectivity index is 1.36. The van der Waals surface area contributed by atoms with E-state index in [9.17, 15) is 10.1 Å². The molecular weight excluding hydrogens is 432 g/mol. The number of thioether (sulfide) groups is 1. The molecule has 0 radical (unpaired) electrons. The van der Waals surface area contributed by atoms with Gasteiger partial charge in [-0.25, -0.2) is 9.97 Å². The molecule has 3 aromatic heterocycles. The fraction of sp³-hybridized carbons (Fsp3) is 0.182. The van der Waals surface area contributed by atoms with Crippen LogP contribution in [0, 0.1) is 11.3 Å². The summed E-state index contributed by atoms with van der Waals surface area (Å²) in [4.78, 5) is 23.6. The molecule has 8 heteroatoms. The Morgan fingerprint density at radius 1 is 1.23 bits per heavy atom. The molecule has 1 aliphatic carbocycles. The molecule has 5 rings (SSSR count). The van der Waals surface area contributed by atoms with Gasteiger partial charge in [-0.1, -0.05) is 42.1 Å². The molecule has 0 fully saturated rings. The molecule has 1 aromatic carbocycles.